The number of aryl methyl sites for hydroxylation is 1. The SMILES string of the molecule is Cc1ccc(C(=O)O)cc1NC(=O)C(Sc1ccc(NC(=O)c2ccco2)cc1)c1ccccc1. The van der Waals surface area contributed by atoms with Crippen molar-refractivity contribution in [3.8, 4) is 0 Å². The normalized spacial score (nSPS) is 11.5. The first kappa shape index (κ1) is 23.8. The number of carbonyl (C=O) groups is 3. The fourth-order valence-electron chi connectivity index (χ4n) is 3.34. The van der Waals surface area contributed by atoms with E-state index in [1.54, 1.807) is 30.3 Å². The Kier molecular flexibility index (Phi) is 7.32. The third-order valence-electron chi connectivity index (χ3n) is 5.19. The molecular weight excluding hydrogens is 464 g/mol. The van der Waals surface area contributed by atoms with Crippen molar-refractivity contribution in [2.24, 2.45) is 0 Å². The Morgan fingerprint density at radius 3 is 2.29 bits per heavy atom. The Morgan fingerprint density at radius 1 is 0.886 bits per heavy atom. The van der Waals surface area contributed by atoms with Gasteiger partial charge in [-0.15, -0.1) is 11.8 Å². The van der Waals surface area contributed by atoms with Crippen LogP contribution in [-0.4, -0.2) is 22.9 Å². The minimum atomic E-state index is -1.06. The number of carboxylic acids is 1. The van der Waals surface area contributed by atoms with E-state index in [-0.39, 0.29) is 23.1 Å². The van der Waals surface area contributed by atoms with Gasteiger partial charge in [0.15, 0.2) is 5.76 Å². The van der Waals surface area contributed by atoms with E-state index in [9.17, 15) is 19.5 Å². The molecule has 0 aliphatic carbocycles. The molecule has 176 valence electrons. The Hall–Kier alpha value is -4.30. The largest absolute Gasteiger partial charge is 0.478 e. The van der Waals surface area contributed by atoms with Gasteiger partial charge in [0.05, 0.1) is 11.8 Å². The van der Waals surface area contributed by atoms with Crippen molar-refractivity contribution in [1.82, 2.24) is 0 Å². The van der Waals surface area contributed by atoms with Gasteiger partial charge in [-0.1, -0.05) is 36.4 Å². The third-order valence-corrected chi connectivity index (χ3v) is 6.46. The number of carbonyl (C=O) groups excluding carboxylic acids is 2. The summed E-state index contributed by atoms with van der Waals surface area (Å²) in [5.41, 5.74) is 2.71. The van der Waals surface area contributed by atoms with E-state index >= 15 is 0 Å². The molecule has 0 radical (unpaired) electrons. The van der Waals surface area contributed by atoms with Crippen LogP contribution in [0.4, 0.5) is 11.4 Å². The highest BCUT2D eigenvalue weighted by molar-refractivity contribution is 8.00. The van der Waals surface area contributed by atoms with Crippen molar-refractivity contribution < 1.29 is 23.9 Å². The Bertz CT molecular complexity index is 1340. The summed E-state index contributed by atoms with van der Waals surface area (Å²) in [5.74, 6) is -1.47. The topological polar surface area (TPSA) is 109 Å². The zero-order valence-electron chi connectivity index (χ0n) is 18.7. The number of carboxylic acid groups (broad SMARTS) is 1. The lowest BCUT2D eigenvalue weighted by molar-refractivity contribution is -0.115. The van der Waals surface area contributed by atoms with E-state index in [1.165, 1.54) is 30.2 Å². The fraction of sp³-hybridized carbons (Fsp3) is 0.0741. The van der Waals surface area contributed by atoms with E-state index in [0.717, 1.165) is 16.0 Å². The number of rotatable bonds is 8. The molecule has 4 aromatic rings. The lowest BCUT2D eigenvalue weighted by atomic mass is 10.1. The maximum atomic E-state index is 13.3. The summed E-state index contributed by atoms with van der Waals surface area (Å²) in [6, 6.07) is 24.3. The highest BCUT2D eigenvalue weighted by Crippen LogP contribution is 2.37. The van der Waals surface area contributed by atoms with Gasteiger partial charge in [0.1, 0.15) is 5.25 Å². The average Bonchev–Trinajstić information content (AvgIpc) is 3.40. The summed E-state index contributed by atoms with van der Waals surface area (Å²) in [6.45, 7) is 1.81. The van der Waals surface area contributed by atoms with Gasteiger partial charge in [-0.25, -0.2) is 4.79 Å². The Labute approximate surface area is 206 Å². The zero-order valence-corrected chi connectivity index (χ0v) is 19.5. The van der Waals surface area contributed by atoms with Gasteiger partial charge in [0.25, 0.3) is 5.91 Å². The van der Waals surface area contributed by atoms with Crippen molar-refractivity contribution in [2.45, 2.75) is 17.1 Å². The standard InChI is InChI=1S/C27H22N2O5S/c1-17-9-10-19(27(32)33)16-22(17)29-26(31)24(18-6-3-2-4-7-18)35-21-13-11-20(12-14-21)28-25(30)23-8-5-15-34-23/h2-16,24H,1H3,(H,28,30)(H,29,31)(H,32,33). The number of benzene rings is 3. The van der Waals surface area contributed by atoms with Gasteiger partial charge in [0, 0.05) is 16.3 Å². The predicted octanol–water partition coefficient (Wildman–Crippen LogP) is 6.01. The fourth-order valence-corrected chi connectivity index (χ4v) is 4.37. The van der Waals surface area contributed by atoms with Crippen LogP contribution in [0.5, 0.6) is 0 Å². The molecule has 0 saturated heterocycles. The first-order valence-electron chi connectivity index (χ1n) is 10.7. The summed E-state index contributed by atoms with van der Waals surface area (Å²) in [5, 5.41) is 14.4. The first-order valence-corrected chi connectivity index (χ1v) is 11.6. The number of furan rings is 1. The molecule has 1 aromatic heterocycles. The summed E-state index contributed by atoms with van der Waals surface area (Å²) in [7, 11) is 0. The monoisotopic (exact) mass is 486 g/mol. The van der Waals surface area contributed by atoms with Gasteiger partial charge in [-0.05, 0) is 66.6 Å². The van der Waals surface area contributed by atoms with Gasteiger partial charge in [-0.2, -0.15) is 0 Å². The smallest absolute Gasteiger partial charge is 0.335 e. The second kappa shape index (κ2) is 10.8. The maximum absolute atomic E-state index is 13.3. The van der Waals surface area contributed by atoms with Gasteiger partial charge < -0.3 is 20.2 Å². The van der Waals surface area contributed by atoms with Crippen LogP contribution in [-0.2, 0) is 4.79 Å². The minimum absolute atomic E-state index is 0.0991. The highest BCUT2D eigenvalue weighted by Gasteiger charge is 2.23. The number of amides is 2. The molecule has 0 aliphatic heterocycles. The van der Waals surface area contributed by atoms with Crippen LogP contribution in [0, 0.1) is 6.92 Å². The van der Waals surface area contributed by atoms with Crippen LogP contribution in [0.3, 0.4) is 0 Å². The molecule has 2 amide bonds. The van der Waals surface area contributed by atoms with Crippen molar-refractivity contribution in [3.63, 3.8) is 0 Å². The maximum Gasteiger partial charge on any atom is 0.335 e. The van der Waals surface area contributed by atoms with Crippen molar-refractivity contribution in [2.75, 3.05) is 10.6 Å². The molecule has 3 N–H and O–H groups in total. The number of thioether (sulfide) groups is 1. The summed E-state index contributed by atoms with van der Waals surface area (Å²) >= 11 is 1.35. The van der Waals surface area contributed by atoms with Crippen molar-refractivity contribution in [1.29, 1.82) is 0 Å². The van der Waals surface area contributed by atoms with Crippen molar-refractivity contribution >= 4 is 40.9 Å². The van der Waals surface area contributed by atoms with E-state index < -0.39 is 11.2 Å². The first-order chi connectivity index (χ1) is 16.9. The number of nitrogens with one attached hydrogen (secondary N) is 2. The van der Waals surface area contributed by atoms with Gasteiger partial charge >= 0.3 is 5.97 Å². The summed E-state index contributed by atoms with van der Waals surface area (Å²) in [6.07, 6.45) is 1.43. The molecule has 0 fully saturated rings. The van der Waals surface area contributed by atoms with Crippen LogP contribution >= 0.6 is 11.8 Å². The molecule has 0 saturated carbocycles. The molecule has 4 rings (SSSR count). The predicted molar refractivity (Wildman–Crippen MR) is 135 cm³/mol. The molecule has 0 bridgehead atoms. The molecule has 8 heteroatoms. The molecular formula is C27H22N2O5S. The third kappa shape index (κ3) is 5.99. The lowest BCUT2D eigenvalue weighted by Gasteiger charge is -2.18. The number of aromatic carboxylic acids is 1. The average molecular weight is 487 g/mol. The molecule has 0 aliphatic rings. The molecule has 35 heavy (non-hydrogen) atoms. The minimum Gasteiger partial charge on any atom is -0.478 e. The lowest BCUT2D eigenvalue weighted by Crippen LogP contribution is -2.20. The number of anilines is 2. The van der Waals surface area contributed by atoms with Gasteiger partial charge in [0.2, 0.25) is 5.91 Å². The van der Waals surface area contributed by atoms with Crippen LogP contribution < -0.4 is 10.6 Å². The van der Waals surface area contributed by atoms with Crippen molar-refractivity contribution in [3.05, 3.63) is 114 Å². The van der Waals surface area contributed by atoms with Crippen LogP contribution in [0.2, 0.25) is 0 Å². The van der Waals surface area contributed by atoms with Crippen LogP contribution in [0.15, 0.2) is 101 Å². The molecule has 3 aromatic carbocycles. The van der Waals surface area contributed by atoms with E-state index in [4.69, 9.17) is 4.42 Å². The highest BCUT2D eigenvalue weighted by atomic mass is 32.2. The summed E-state index contributed by atoms with van der Waals surface area (Å²) in [4.78, 5) is 37.7. The van der Waals surface area contributed by atoms with Crippen LogP contribution in [0.1, 0.15) is 37.3 Å². The molecule has 1 unspecified atom stereocenters. The number of hydrogen-bond acceptors (Lipinski definition) is 5. The Balaban J connectivity index is 1.53. The number of hydrogen-bond donors (Lipinski definition) is 3. The quantitative estimate of drug-likeness (QED) is 0.263. The zero-order chi connectivity index (χ0) is 24.8. The van der Waals surface area contributed by atoms with Crippen LogP contribution in [0.25, 0.3) is 0 Å². The van der Waals surface area contributed by atoms with E-state index in [2.05, 4.69) is 10.6 Å². The second-order valence-corrected chi connectivity index (χ2v) is 8.87. The second-order valence-electron chi connectivity index (χ2n) is 7.69. The molecule has 7 nitrogen and oxygen atoms in total. The van der Waals surface area contributed by atoms with E-state index in [0.29, 0.717) is 11.4 Å². The Morgan fingerprint density at radius 2 is 1.63 bits per heavy atom. The summed E-state index contributed by atoms with van der Waals surface area (Å²) < 4.78 is 5.10. The van der Waals surface area contributed by atoms with Gasteiger partial charge in [-0.3, -0.25) is 9.59 Å². The molecule has 1 heterocycles. The molecule has 1 atom stereocenters. The van der Waals surface area contributed by atoms with E-state index in [1.807, 2.05) is 49.4 Å². The molecule has 0 spiro atoms.